The summed E-state index contributed by atoms with van der Waals surface area (Å²) in [5, 5.41) is 6.68. The van der Waals surface area contributed by atoms with Gasteiger partial charge in [-0.3, -0.25) is 5.41 Å². The van der Waals surface area contributed by atoms with Crippen molar-refractivity contribution in [1.82, 2.24) is 4.31 Å². The minimum atomic E-state index is -3.32. The van der Waals surface area contributed by atoms with E-state index in [1.807, 2.05) is 0 Å². The van der Waals surface area contributed by atoms with Crippen LogP contribution in [0.1, 0.15) is 0 Å². The maximum atomic E-state index is 10.5. The molecule has 0 radical (unpaired) electrons. The number of guanidine groups is 1. The Morgan fingerprint density at radius 3 is 1.90 bits per heavy atom. The van der Waals surface area contributed by atoms with Gasteiger partial charge in [-0.2, -0.15) is 0 Å². The van der Waals surface area contributed by atoms with Gasteiger partial charge in [0.25, 0.3) is 0 Å². The van der Waals surface area contributed by atoms with E-state index in [4.69, 9.17) is 11.1 Å². The van der Waals surface area contributed by atoms with Gasteiger partial charge in [-0.05, 0) is 0 Å². The fourth-order valence-corrected chi connectivity index (χ4v) is 0.536. The Morgan fingerprint density at radius 1 is 1.60 bits per heavy atom. The average molecular weight is 188 g/mol. The fraction of sp³-hybridized carbons (Fsp3) is 0.667. The minimum absolute atomic E-state index is 0. The highest BCUT2D eigenvalue weighted by Gasteiger charge is 2.10. The second kappa shape index (κ2) is 3.62. The van der Waals surface area contributed by atoms with Gasteiger partial charge in [0.2, 0.25) is 16.0 Å². The van der Waals surface area contributed by atoms with Gasteiger partial charge in [-0.15, -0.1) is 12.4 Å². The molecule has 0 rings (SSSR count). The summed E-state index contributed by atoms with van der Waals surface area (Å²) < 4.78 is 21.6. The van der Waals surface area contributed by atoms with Crippen molar-refractivity contribution in [2.75, 3.05) is 13.3 Å². The van der Waals surface area contributed by atoms with Crippen LogP contribution < -0.4 is 5.73 Å². The molecular weight excluding hydrogens is 178 g/mol. The van der Waals surface area contributed by atoms with E-state index in [-0.39, 0.29) is 12.4 Å². The standard InChI is InChI=1S/C3H9N3O2S.ClH/c1-6(3(4)5)9(2,7)8;/h1-2H3,(H3,4,5);1H. The van der Waals surface area contributed by atoms with Gasteiger partial charge in [-0.25, -0.2) is 12.7 Å². The van der Waals surface area contributed by atoms with Gasteiger partial charge >= 0.3 is 0 Å². The highest BCUT2D eigenvalue weighted by molar-refractivity contribution is 7.88. The molecule has 7 heteroatoms. The van der Waals surface area contributed by atoms with Crippen LogP contribution in [0.5, 0.6) is 0 Å². The van der Waals surface area contributed by atoms with Crippen LogP contribution in [0.2, 0.25) is 0 Å². The maximum Gasteiger partial charge on any atom is 0.234 e. The summed E-state index contributed by atoms with van der Waals surface area (Å²) >= 11 is 0. The number of rotatable bonds is 1. The quantitative estimate of drug-likeness (QED) is 0.416. The van der Waals surface area contributed by atoms with Crippen LogP contribution in [-0.4, -0.2) is 32.0 Å². The molecule has 62 valence electrons. The molecule has 0 unspecified atom stereocenters. The molecule has 0 saturated carbocycles. The highest BCUT2D eigenvalue weighted by atomic mass is 35.5. The third-order valence-electron chi connectivity index (χ3n) is 0.837. The molecule has 0 aromatic rings. The normalized spacial score (nSPS) is 9.80. The van der Waals surface area contributed by atoms with E-state index in [1.54, 1.807) is 0 Å². The molecule has 10 heavy (non-hydrogen) atoms. The number of nitrogens with one attached hydrogen (secondary N) is 1. The molecule has 0 spiro atoms. The molecule has 0 aliphatic rings. The van der Waals surface area contributed by atoms with Crippen molar-refractivity contribution in [1.29, 1.82) is 5.41 Å². The van der Waals surface area contributed by atoms with Crippen molar-refractivity contribution in [3.05, 3.63) is 0 Å². The number of halogens is 1. The Hall–Kier alpha value is -0.490. The lowest BCUT2D eigenvalue weighted by Crippen LogP contribution is -2.37. The smallest absolute Gasteiger partial charge is 0.234 e. The zero-order valence-electron chi connectivity index (χ0n) is 5.66. The predicted molar refractivity (Wildman–Crippen MR) is 41.8 cm³/mol. The number of hydrogen-bond donors (Lipinski definition) is 2. The average Bonchev–Trinajstić information content (AvgIpc) is 1.62. The van der Waals surface area contributed by atoms with E-state index < -0.39 is 16.0 Å². The summed E-state index contributed by atoms with van der Waals surface area (Å²) in [7, 11) is -2.10. The molecule has 0 amide bonds. The zero-order valence-corrected chi connectivity index (χ0v) is 7.29. The molecule has 0 aromatic carbocycles. The van der Waals surface area contributed by atoms with E-state index in [0.717, 1.165) is 6.26 Å². The lowest BCUT2D eigenvalue weighted by molar-refractivity contribution is 0.557. The number of nitrogens with zero attached hydrogens (tertiary/aromatic N) is 1. The van der Waals surface area contributed by atoms with Crippen LogP contribution in [0, 0.1) is 5.41 Å². The van der Waals surface area contributed by atoms with Crippen molar-refractivity contribution in [2.45, 2.75) is 0 Å². The van der Waals surface area contributed by atoms with E-state index >= 15 is 0 Å². The van der Waals surface area contributed by atoms with Crippen molar-refractivity contribution >= 4 is 28.4 Å². The van der Waals surface area contributed by atoms with E-state index in [2.05, 4.69) is 0 Å². The van der Waals surface area contributed by atoms with Crippen molar-refractivity contribution in [3.63, 3.8) is 0 Å². The third-order valence-corrected chi connectivity index (χ3v) is 2.03. The molecule has 0 atom stereocenters. The lowest BCUT2D eigenvalue weighted by Gasteiger charge is -2.12. The van der Waals surface area contributed by atoms with Crippen molar-refractivity contribution in [2.24, 2.45) is 5.73 Å². The maximum absolute atomic E-state index is 10.5. The molecule has 0 bridgehead atoms. The largest absolute Gasteiger partial charge is 0.369 e. The van der Waals surface area contributed by atoms with Crippen molar-refractivity contribution < 1.29 is 8.42 Å². The Kier molecular flexibility index (Phi) is 4.42. The number of nitrogens with two attached hydrogens (primary N) is 1. The van der Waals surface area contributed by atoms with E-state index in [9.17, 15) is 8.42 Å². The summed E-state index contributed by atoms with van der Waals surface area (Å²) in [5.41, 5.74) is 4.85. The van der Waals surface area contributed by atoms with Crippen LogP contribution >= 0.6 is 12.4 Å². The van der Waals surface area contributed by atoms with Crippen LogP contribution in [0.3, 0.4) is 0 Å². The summed E-state index contributed by atoms with van der Waals surface area (Å²) in [6.07, 6.45) is 0.981. The van der Waals surface area contributed by atoms with Gasteiger partial charge in [0, 0.05) is 7.05 Å². The molecule has 5 nitrogen and oxygen atoms in total. The first kappa shape index (κ1) is 12.2. The molecule has 0 fully saturated rings. The summed E-state index contributed by atoms with van der Waals surface area (Å²) in [6.45, 7) is 0. The molecule has 0 aliphatic heterocycles. The Balaban J connectivity index is 0. The molecule has 3 N–H and O–H groups in total. The molecular formula is C3H10ClN3O2S. The van der Waals surface area contributed by atoms with E-state index in [1.165, 1.54) is 7.05 Å². The van der Waals surface area contributed by atoms with Gasteiger partial charge < -0.3 is 5.73 Å². The van der Waals surface area contributed by atoms with Gasteiger partial charge in [0.15, 0.2) is 0 Å². The summed E-state index contributed by atoms with van der Waals surface area (Å²) in [5.74, 6) is -0.475. The zero-order chi connectivity index (χ0) is 7.65. The Bertz CT molecular complexity index is 212. The van der Waals surface area contributed by atoms with Gasteiger partial charge in [0.1, 0.15) is 0 Å². The summed E-state index contributed by atoms with van der Waals surface area (Å²) in [4.78, 5) is 0. The Morgan fingerprint density at radius 2 is 1.90 bits per heavy atom. The molecule has 0 heterocycles. The summed E-state index contributed by atoms with van der Waals surface area (Å²) in [6, 6.07) is 0. The molecule has 0 saturated heterocycles. The SMILES string of the molecule is CN(C(=N)N)S(C)(=O)=O.Cl. The van der Waals surface area contributed by atoms with Crippen molar-refractivity contribution in [3.8, 4) is 0 Å². The first-order chi connectivity index (χ1) is 3.85. The first-order valence-corrected chi connectivity index (χ1v) is 3.98. The lowest BCUT2D eigenvalue weighted by atomic mass is 11.0. The van der Waals surface area contributed by atoms with Crippen LogP contribution in [-0.2, 0) is 10.0 Å². The first-order valence-electron chi connectivity index (χ1n) is 2.13. The van der Waals surface area contributed by atoms with Gasteiger partial charge in [0.05, 0.1) is 6.26 Å². The molecule has 0 aliphatic carbocycles. The third kappa shape index (κ3) is 3.52. The fourth-order valence-electron chi connectivity index (χ4n) is 0.179. The second-order valence-corrected chi connectivity index (χ2v) is 3.63. The number of sulfonamides is 1. The van der Waals surface area contributed by atoms with Crippen LogP contribution in [0.25, 0.3) is 0 Å². The predicted octanol–water partition coefficient (Wildman–Crippen LogP) is -0.807. The van der Waals surface area contributed by atoms with Crippen LogP contribution in [0.4, 0.5) is 0 Å². The monoisotopic (exact) mass is 187 g/mol. The van der Waals surface area contributed by atoms with Gasteiger partial charge in [-0.1, -0.05) is 0 Å². The van der Waals surface area contributed by atoms with E-state index in [0.29, 0.717) is 4.31 Å². The molecule has 0 aromatic heterocycles. The number of hydrogen-bond acceptors (Lipinski definition) is 3. The van der Waals surface area contributed by atoms with Crippen LogP contribution in [0.15, 0.2) is 0 Å². The topological polar surface area (TPSA) is 87.2 Å². The minimum Gasteiger partial charge on any atom is -0.369 e. The highest BCUT2D eigenvalue weighted by Crippen LogP contribution is 1.88. The Labute approximate surface area is 66.2 Å². The second-order valence-electron chi connectivity index (χ2n) is 1.62.